The lowest BCUT2D eigenvalue weighted by Crippen LogP contribution is -2.29. The number of ether oxygens (including phenoxy) is 1. The first kappa shape index (κ1) is 27.2. The van der Waals surface area contributed by atoms with Gasteiger partial charge in [-0.2, -0.15) is 26.2 Å². The van der Waals surface area contributed by atoms with E-state index in [2.05, 4.69) is 42.6 Å². The minimum absolute atomic E-state index is 0.136. The third kappa shape index (κ3) is 8.05. The van der Waals surface area contributed by atoms with Gasteiger partial charge in [0.2, 0.25) is 0 Å². The number of phosphoric ester groups is 1. The fraction of sp³-hybridized carbons (Fsp3) is 0.500. The standard InChI is InChI=1S/C12H18N3O13P3S/c13-11-7(2-1-3-32)5-15(12(17)14-11)10-4-8(16)9(26-10)6-25-30(21,22)28-31(23,24)27-29(18,19)20/h5,8-10,16,32H,3-4,6H2,(H,21,22)(H,23,24)(H2,13,14,17)(H2,18,19,20). The summed E-state index contributed by atoms with van der Waals surface area (Å²) in [6.45, 7) is -0.884. The predicted octanol–water partition coefficient (Wildman–Crippen LogP) is -0.902. The van der Waals surface area contributed by atoms with E-state index in [0.717, 1.165) is 4.57 Å². The Morgan fingerprint density at radius 2 is 1.91 bits per heavy atom. The van der Waals surface area contributed by atoms with Crippen molar-refractivity contribution >= 4 is 41.9 Å². The average molecular weight is 537 g/mol. The minimum Gasteiger partial charge on any atom is -0.390 e. The summed E-state index contributed by atoms with van der Waals surface area (Å²) in [4.78, 5) is 51.3. The lowest BCUT2D eigenvalue weighted by Gasteiger charge is -2.19. The van der Waals surface area contributed by atoms with Crippen LogP contribution >= 0.6 is 36.1 Å². The van der Waals surface area contributed by atoms with Gasteiger partial charge in [0.1, 0.15) is 18.1 Å². The predicted molar refractivity (Wildman–Crippen MR) is 108 cm³/mol. The van der Waals surface area contributed by atoms with Gasteiger partial charge in [-0.1, -0.05) is 11.8 Å². The van der Waals surface area contributed by atoms with Gasteiger partial charge in [-0.15, -0.1) is 0 Å². The van der Waals surface area contributed by atoms with Crippen LogP contribution in [0.1, 0.15) is 18.2 Å². The molecule has 16 nitrogen and oxygen atoms in total. The van der Waals surface area contributed by atoms with E-state index < -0.39 is 54.2 Å². The molecular weight excluding hydrogens is 519 g/mol. The van der Waals surface area contributed by atoms with E-state index in [1.54, 1.807) is 0 Å². The van der Waals surface area contributed by atoms with Crippen molar-refractivity contribution in [2.75, 3.05) is 18.1 Å². The lowest BCUT2D eigenvalue weighted by atomic mass is 10.2. The highest BCUT2D eigenvalue weighted by Crippen LogP contribution is 2.66. The summed E-state index contributed by atoms with van der Waals surface area (Å²) in [6.07, 6.45) is -2.69. The van der Waals surface area contributed by atoms with E-state index in [1.165, 1.54) is 6.20 Å². The Morgan fingerprint density at radius 1 is 1.25 bits per heavy atom. The Labute approximate surface area is 185 Å². The molecule has 1 aromatic rings. The van der Waals surface area contributed by atoms with Crippen LogP contribution in [0.4, 0.5) is 5.82 Å². The van der Waals surface area contributed by atoms with Gasteiger partial charge >= 0.3 is 29.2 Å². The van der Waals surface area contributed by atoms with Crippen LogP contribution in [0.25, 0.3) is 0 Å². The molecule has 0 bridgehead atoms. The zero-order valence-corrected chi connectivity index (χ0v) is 19.3. The third-order valence-corrected chi connectivity index (χ3v) is 7.58. The normalized spacial score (nSPS) is 24.9. The molecule has 1 aromatic heterocycles. The fourth-order valence-corrected chi connectivity index (χ4v) is 5.53. The first-order chi connectivity index (χ1) is 14.6. The molecule has 5 atom stereocenters. The van der Waals surface area contributed by atoms with Gasteiger partial charge in [0.15, 0.2) is 0 Å². The Hall–Kier alpha value is -1.08. The molecule has 1 aliphatic rings. The average Bonchev–Trinajstić information content (AvgIpc) is 2.97. The van der Waals surface area contributed by atoms with Gasteiger partial charge < -0.3 is 35.2 Å². The van der Waals surface area contributed by atoms with Crippen LogP contribution in [-0.4, -0.2) is 58.8 Å². The van der Waals surface area contributed by atoms with Crippen molar-refractivity contribution in [2.45, 2.75) is 24.9 Å². The van der Waals surface area contributed by atoms with E-state index in [1.807, 2.05) is 0 Å². The molecule has 0 amide bonds. The molecule has 0 spiro atoms. The van der Waals surface area contributed by atoms with E-state index in [4.69, 9.17) is 25.2 Å². The van der Waals surface area contributed by atoms with Crippen molar-refractivity contribution in [3.63, 3.8) is 0 Å². The summed E-state index contributed by atoms with van der Waals surface area (Å²) in [5.41, 5.74) is 4.99. The first-order valence-electron chi connectivity index (χ1n) is 8.23. The van der Waals surface area contributed by atoms with Gasteiger partial charge in [0.05, 0.1) is 24.0 Å². The van der Waals surface area contributed by atoms with Crippen molar-refractivity contribution in [1.29, 1.82) is 0 Å². The van der Waals surface area contributed by atoms with Crippen molar-refractivity contribution in [2.24, 2.45) is 0 Å². The molecule has 20 heteroatoms. The molecule has 180 valence electrons. The largest absolute Gasteiger partial charge is 0.490 e. The number of aliphatic hydroxyl groups is 1. The van der Waals surface area contributed by atoms with Gasteiger partial charge in [-0.3, -0.25) is 9.09 Å². The Balaban J connectivity index is 2.08. The van der Waals surface area contributed by atoms with Crippen LogP contribution in [0.15, 0.2) is 11.0 Å². The van der Waals surface area contributed by atoms with Crippen LogP contribution in [-0.2, 0) is 31.6 Å². The molecule has 0 radical (unpaired) electrons. The lowest BCUT2D eigenvalue weighted by molar-refractivity contribution is -0.0449. The number of phosphoric acid groups is 3. The first-order valence-corrected chi connectivity index (χ1v) is 13.4. The number of anilines is 1. The van der Waals surface area contributed by atoms with Crippen LogP contribution in [0, 0.1) is 11.8 Å². The molecule has 0 aliphatic carbocycles. The zero-order valence-electron chi connectivity index (χ0n) is 15.7. The van der Waals surface area contributed by atoms with Crippen LogP contribution in [0.3, 0.4) is 0 Å². The number of hydrogen-bond acceptors (Lipinski definition) is 12. The Kier molecular flexibility index (Phi) is 8.88. The summed E-state index contributed by atoms with van der Waals surface area (Å²) >= 11 is 3.93. The molecule has 5 unspecified atom stereocenters. The molecule has 0 saturated carbocycles. The van der Waals surface area contributed by atoms with E-state index in [-0.39, 0.29) is 23.6 Å². The smallest absolute Gasteiger partial charge is 0.390 e. The SMILES string of the molecule is Nc1nc(=O)n(C2CC(O)C(COP(=O)(O)OP(=O)(O)OP(=O)(O)O)O2)cc1C#CCS. The summed E-state index contributed by atoms with van der Waals surface area (Å²) in [5.74, 6) is 5.33. The number of nitrogens with zero attached hydrogens (tertiary/aromatic N) is 2. The fourth-order valence-electron chi connectivity index (χ4n) is 2.43. The highest BCUT2D eigenvalue weighted by atomic mass is 32.1. The summed E-state index contributed by atoms with van der Waals surface area (Å²) in [7, 11) is -16.6. The number of aromatic nitrogens is 2. The number of nitrogen functional groups attached to an aromatic ring is 1. The molecule has 1 aliphatic heterocycles. The summed E-state index contributed by atoms with van der Waals surface area (Å²) in [6, 6.07) is 0. The second-order valence-corrected chi connectivity index (χ2v) is 10.7. The summed E-state index contributed by atoms with van der Waals surface area (Å²) < 4.78 is 51.7. The van der Waals surface area contributed by atoms with E-state index in [9.17, 15) is 28.5 Å². The number of rotatable bonds is 8. The number of hydrogen-bond donors (Lipinski definition) is 7. The molecule has 1 saturated heterocycles. The van der Waals surface area contributed by atoms with Crippen molar-refractivity contribution < 1.29 is 56.3 Å². The quantitative estimate of drug-likeness (QED) is 0.121. The van der Waals surface area contributed by atoms with Gasteiger partial charge in [0, 0.05) is 12.6 Å². The van der Waals surface area contributed by atoms with Crippen molar-refractivity contribution in [3.8, 4) is 11.8 Å². The Bertz CT molecular complexity index is 1110. The molecule has 32 heavy (non-hydrogen) atoms. The Morgan fingerprint density at radius 3 is 2.50 bits per heavy atom. The maximum absolute atomic E-state index is 12.1. The van der Waals surface area contributed by atoms with Gasteiger partial charge in [0.25, 0.3) is 0 Å². The maximum atomic E-state index is 12.1. The monoisotopic (exact) mass is 537 g/mol. The zero-order chi connectivity index (χ0) is 24.3. The van der Waals surface area contributed by atoms with E-state index >= 15 is 0 Å². The van der Waals surface area contributed by atoms with Crippen molar-refractivity contribution in [3.05, 3.63) is 22.2 Å². The maximum Gasteiger partial charge on any atom is 0.490 e. The van der Waals surface area contributed by atoms with E-state index in [0.29, 0.717) is 0 Å². The van der Waals surface area contributed by atoms with Crippen LogP contribution < -0.4 is 11.4 Å². The second-order valence-electron chi connectivity index (χ2n) is 6.01. The van der Waals surface area contributed by atoms with Gasteiger partial charge in [-0.25, -0.2) is 18.5 Å². The van der Waals surface area contributed by atoms with Gasteiger partial charge in [-0.05, 0) is 0 Å². The number of nitrogens with two attached hydrogens (primary N) is 1. The highest BCUT2D eigenvalue weighted by molar-refractivity contribution is 7.80. The molecule has 2 heterocycles. The van der Waals surface area contributed by atoms with Crippen molar-refractivity contribution in [1.82, 2.24) is 9.55 Å². The van der Waals surface area contributed by atoms with Crippen LogP contribution in [0.2, 0.25) is 0 Å². The molecule has 0 aromatic carbocycles. The van der Waals surface area contributed by atoms with Crippen LogP contribution in [0.5, 0.6) is 0 Å². The number of thiol groups is 1. The number of aliphatic hydroxyl groups excluding tert-OH is 1. The molecule has 7 N–H and O–H groups in total. The summed E-state index contributed by atoms with van der Waals surface area (Å²) in [5, 5.41) is 10.1. The highest BCUT2D eigenvalue weighted by Gasteiger charge is 2.43. The molecule has 2 rings (SSSR count). The molecule has 1 fully saturated rings. The molecular formula is C12H18N3O13P3S. The minimum atomic E-state index is -5.69. The second kappa shape index (κ2) is 10.5. The topological polar surface area (TPSA) is 250 Å². The third-order valence-electron chi connectivity index (χ3n) is 3.62.